The van der Waals surface area contributed by atoms with E-state index in [0.29, 0.717) is 0 Å². The van der Waals surface area contributed by atoms with Gasteiger partial charge in [0.05, 0.1) is 6.04 Å². The molecule has 3 heteroatoms. The van der Waals surface area contributed by atoms with E-state index in [1.807, 2.05) is 18.2 Å². The molecule has 0 heterocycles. The lowest BCUT2D eigenvalue weighted by Gasteiger charge is -2.23. The summed E-state index contributed by atoms with van der Waals surface area (Å²) in [4.78, 5) is 12.4. The number of nitrogens with one attached hydrogen (secondary N) is 2. The Morgan fingerprint density at radius 1 is 1.14 bits per heavy atom. The lowest BCUT2D eigenvalue weighted by Crippen LogP contribution is -2.48. The molecule has 118 valence electrons. The number of benzene rings is 1. The molecule has 0 spiro atoms. The van der Waals surface area contributed by atoms with Crippen LogP contribution in [-0.2, 0) is 11.2 Å². The van der Waals surface area contributed by atoms with E-state index in [9.17, 15) is 4.79 Å². The zero-order valence-corrected chi connectivity index (χ0v) is 14.1. The first kappa shape index (κ1) is 17.7. The first-order chi connectivity index (χ1) is 9.78. The van der Waals surface area contributed by atoms with Crippen LogP contribution in [0.5, 0.6) is 0 Å². The Morgan fingerprint density at radius 2 is 1.76 bits per heavy atom. The summed E-state index contributed by atoms with van der Waals surface area (Å²) in [7, 11) is 0. The summed E-state index contributed by atoms with van der Waals surface area (Å²) < 4.78 is 0. The SMILES string of the molecule is CC(C)NC(Cc1ccccc1)C(=O)NCCC(C)(C)C. The van der Waals surface area contributed by atoms with Crippen LogP contribution < -0.4 is 10.6 Å². The van der Waals surface area contributed by atoms with Crippen molar-refractivity contribution in [1.82, 2.24) is 10.6 Å². The Balaban J connectivity index is 2.58. The monoisotopic (exact) mass is 290 g/mol. The molecule has 0 fully saturated rings. The van der Waals surface area contributed by atoms with Gasteiger partial charge < -0.3 is 10.6 Å². The third-order valence-electron chi connectivity index (χ3n) is 3.31. The summed E-state index contributed by atoms with van der Waals surface area (Å²) in [5, 5.41) is 6.43. The summed E-state index contributed by atoms with van der Waals surface area (Å²) in [5.41, 5.74) is 1.43. The maximum absolute atomic E-state index is 12.4. The minimum absolute atomic E-state index is 0.0943. The molecule has 1 aromatic carbocycles. The van der Waals surface area contributed by atoms with E-state index in [1.54, 1.807) is 0 Å². The van der Waals surface area contributed by atoms with E-state index < -0.39 is 0 Å². The molecule has 1 atom stereocenters. The van der Waals surface area contributed by atoms with Gasteiger partial charge in [0.15, 0.2) is 0 Å². The quantitative estimate of drug-likeness (QED) is 0.810. The molecule has 0 radical (unpaired) electrons. The van der Waals surface area contributed by atoms with Crippen molar-refractivity contribution in [1.29, 1.82) is 0 Å². The third kappa shape index (κ3) is 7.86. The van der Waals surface area contributed by atoms with Crippen LogP contribution in [0.3, 0.4) is 0 Å². The lowest BCUT2D eigenvalue weighted by molar-refractivity contribution is -0.123. The maximum Gasteiger partial charge on any atom is 0.237 e. The van der Waals surface area contributed by atoms with Crippen LogP contribution >= 0.6 is 0 Å². The predicted molar refractivity (Wildman–Crippen MR) is 89.3 cm³/mol. The topological polar surface area (TPSA) is 41.1 Å². The van der Waals surface area contributed by atoms with E-state index in [0.717, 1.165) is 19.4 Å². The van der Waals surface area contributed by atoms with Crippen molar-refractivity contribution in [3.8, 4) is 0 Å². The van der Waals surface area contributed by atoms with Gasteiger partial charge in [-0.1, -0.05) is 65.0 Å². The number of hydrogen-bond acceptors (Lipinski definition) is 2. The number of carbonyl (C=O) groups is 1. The van der Waals surface area contributed by atoms with Gasteiger partial charge in [-0.15, -0.1) is 0 Å². The summed E-state index contributed by atoms with van der Waals surface area (Å²) in [6, 6.07) is 10.3. The van der Waals surface area contributed by atoms with Gasteiger partial charge in [0, 0.05) is 12.6 Å². The Kier molecular flexibility index (Phi) is 6.90. The van der Waals surface area contributed by atoms with E-state index in [2.05, 4.69) is 57.4 Å². The molecule has 0 saturated carbocycles. The molecule has 0 aliphatic carbocycles. The van der Waals surface area contributed by atoms with Crippen LogP contribution in [0.1, 0.15) is 46.6 Å². The molecule has 1 rings (SSSR count). The standard InChI is InChI=1S/C18H30N2O/c1-14(2)20-16(13-15-9-7-6-8-10-15)17(21)19-12-11-18(3,4)5/h6-10,14,16,20H,11-13H2,1-5H3,(H,19,21). The average Bonchev–Trinajstić information content (AvgIpc) is 2.37. The highest BCUT2D eigenvalue weighted by Crippen LogP contribution is 2.17. The largest absolute Gasteiger partial charge is 0.355 e. The second-order valence-electron chi connectivity index (χ2n) is 7.17. The lowest BCUT2D eigenvalue weighted by atomic mass is 9.92. The fourth-order valence-corrected chi connectivity index (χ4v) is 2.16. The van der Waals surface area contributed by atoms with E-state index in [1.165, 1.54) is 5.56 Å². The number of hydrogen-bond donors (Lipinski definition) is 2. The van der Waals surface area contributed by atoms with Crippen LogP contribution in [0.15, 0.2) is 30.3 Å². The van der Waals surface area contributed by atoms with E-state index in [4.69, 9.17) is 0 Å². The molecule has 3 nitrogen and oxygen atoms in total. The summed E-state index contributed by atoms with van der Waals surface area (Å²) in [5.74, 6) is 0.0943. The number of carbonyl (C=O) groups excluding carboxylic acids is 1. The van der Waals surface area contributed by atoms with Gasteiger partial charge in [0.25, 0.3) is 0 Å². The van der Waals surface area contributed by atoms with Crippen molar-refractivity contribution in [3.63, 3.8) is 0 Å². The third-order valence-corrected chi connectivity index (χ3v) is 3.31. The van der Waals surface area contributed by atoms with Crippen LogP contribution in [0, 0.1) is 5.41 Å². The van der Waals surface area contributed by atoms with Crippen molar-refractivity contribution in [2.45, 2.75) is 59.5 Å². The molecular weight excluding hydrogens is 260 g/mol. The maximum atomic E-state index is 12.4. The van der Waals surface area contributed by atoms with E-state index >= 15 is 0 Å². The van der Waals surface area contributed by atoms with Crippen molar-refractivity contribution >= 4 is 5.91 Å². The molecule has 0 aromatic heterocycles. The van der Waals surface area contributed by atoms with Gasteiger partial charge in [-0.25, -0.2) is 0 Å². The summed E-state index contributed by atoms with van der Waals surface area (Å²) in [6.45, 7) is 11.4. The molecule has 21 heavy (non-hydrogen) atoms. The van der Waals surface area contributed by atoms with Crippen LogP contribution in [0.2, 0.25) is 0 Å². The van der Waals surface area contributed by atoms with Gasteiger partial charge in [0.2, 0.25) is 5.91 Å². The van der Waals surface area contributed by atoms with E-state index in [-0.39, 0.29) is 23.4 Å². The van der Waals surface area contributed by atoms with Gasteiger partial charge in [-0.3, -0.25) is 4.79 Å². The van der Waals surface area contributed by atoms with Crippen LogP contribution in [-0.4, -0.2) is 24.5 Å². The molecule has 2 N–H and O–H groups in total. The molecule has 1 aromatic rings. The normalized spacial score (nSPS) is 13.2. The Labute approximate surface area is 129 Å². The van der Waals surface area contributed by atoms with Gasteiger partial charge in [0.1, 0.15) is 0 Å². The Morgan fingerprint density at radius 3 is 2.29 bits per heavy atom. The van der Waals surface area contributed by atoms with Gasteiger partial charge in [-0.05, 0) is 23.8 Å². The van der Waals surface area contributed by atoms with Crippen LogP contribution in [0.25, 0.3) is 0 Å². The molecule has 1 unspecified atom stereocenters. The summed E-state index contributed by atoms with van der Waals surface area (Å²) in [6.07, 6.45) is 1.71. The van der Waals surface area contributed by atoms with Crippen molar-refractivity contribution in [3.05, 3.63) is 35.9 Å². The molecule has 0 aliphatic heterocycles. The highest BCUT2D eigenvalue weighted by atomic mass is 16.2. The number of rotatable bonds is 7. The molecule has 0 saturated heterocycles. The second-order valence-corrected chi connectivity index (χ2v) is 7.17. The Bertz CT molecular complexity index is 421. The minimum atomic E-state index is -0.174. The van der Waals surface area contributed by atoms with Gasteiger partial charge >= 0.3 is 0 Å². The molecule has 1 amide bonds. The predicted octanol–water partition coefficient (Wildman–Crippen LogP) is 3.15. The highest BCUT2D eigenvalue weighted by molar-refractivity contribution is 5.82. The van der Waals surface area contributed by atoms with Crippen molar-refractivity contribution in [2.75, 3.05) is 6.54 Å². The fourth-order valence-electron chi connectivity index (χ4n) is 2.16. The molecule has 0 bridgehead atoms. The van der Waals surface area contributed by atoms with Crippen LogP contribution in [0.4, 0.5) is 0 Å². The van der Waals surface area contributed by atoms with Crippen molar-refractivity contribution in [2.24, 2.45) is 5.41 Å². The smallest absolute Gasteiger partial charge is 0.237 e. The first-order valence-corrected chi connectivity index (χ1v) is 7.85. The Hall–Kier alpha value is -1.35. The zero-order valence-electron chi connectivity index (χ0n) is 14.1. The molecular formula is C18H30N2O. The number of amides is 1. The molecule has 0 aliphatic rings. The average molecular weight is 290 g/mol. The first-order valence-electron chi connectivity index (χ1n) is 7.85. The van der Waals surface area contributed by atoms with Crippen molar-refractivity contribution < 1.29 is 4.79 Å². The zero-order chi connectivity index (χ0) is 15.9. The minimum Gasteiger partial charge on any atom is -0.355 e. The second kappa shape index (κ2) is 8.18. The fraction of sp³-hybridized carbons (Fsp3) is 0.611. The van der Waals surface area contributed by atoms with Gasteiger partial charge in [-0.2, -0.15) is 0 Å². The summed E-state index contributed by atoms with van der Waals surface area (Å²) >= 11 is 0. The highest BCUT2D eigenvalue weighted by Gasteiger charge is 2.20.